The van der Waals surface area contributed by atoms with Gasteiger partial charge in [-0.3, -0.25) is 39.2 Å². The number of carbonyl (C=O) groups excluding carboxylic acids is 3. The summed E-state index contributed by atoms with van der Waals surface area (Å²) in [5.74, 6) is -0.646. The topological polar surface area (TPSA) is 163 Å². The molecule has 19 heteroatoms. The van der Waals surface area contributed by atoms with Crippen LogP contribution in [0.2, 0.25) is 0 Å². The van der Waals surface area contributed by atoms with Gasteiger partial charge in [0.2, 0.25) is 11.8 Å². The lowest BCUT2D eigenvalue weighted by Crippen LogP contribution is -2.48. The Balaban J connectivity index is 0.889. The van der Waals surface area contributed by atoms with Gasteiger partial charge in [0.15, 0.2) is 5.11 Å². The molecule has 3 saturated heterocycles. The van der Waals surface area contributed by atoms with E-state index in [-0.39, 0.29) is 35.4 Å². The zero-order valence-electron chi connectivity index (χ0n) is 31.3. The summed E-state index contributed by atoms with van der Waals surface area (Å²) in [6.07, 6.45) is -4.45. The second kappa shape index (κ2) is 17.4. The number of hydrogen-bond donors (Lipinski definition) is 1. The van der Waals surface area contributed by atoms with Gasteiger partial charge in [0.25, 0.3) is 17.4 Å². The number of ether oxygens (including phenoxy) is 3. The van der Waals surface area contributed by atoms with E-state index in [2.05, 4.69) is 20.2 Å². The van der Waals surface area contributed by atoms with Gasteiger partial charge in [0, 0.05) is 63.5 Å². The molecule has 1 aromatic heterocycles. The lowest BCUT2D eigenvalue weighted by atomic mass is 10.0. The third-order valence-corrected chi connectivity index (χ3v) is 10.3. The number of thiocarbonyl (C=S) groups is 1. The molecular formula is C38H41F3N8O7S. The van der Waals surface area contributed by atoms with Crippen LogP contribution < -0.4 is 30.1 Å². The van der Waals surface area contributed by atoms with Crippen LogP contribution in [0.1, 0.15) is 43.9 Å². The largest absolute Gasteiger partial charge is 0.491 e. The number of hydrogen-bond acceptors (Lipinski definition) is 12. The van der Waals surface area contributed by atoms with E-state index < -0.39 is 46.3 Å². The summed E-state index contributed by atoms with van der Waals surface area (Å²) in [6.45, 7) is 9.60. The maximum atomic E-state index is 13.7. The number of benzene rings is 2. The van der Waals surface area contributed by atoms with E-state index in [9.17, 15) is 32.3 Å². The number of anilines is 2. The summed E-state index contributed by atoms with van der Waals surface area (Å²) >= 11 is 5.61. The summed E-state index contributed by atoms with van der Waals surface area (Å²) in [5.41, 5.74) is -2.88. The third kappa shape index (κ3) is 9.42. The highest BCUT2D eigenvalue weighted by Crippen LogP contribution is 2.40. The molecule has 3 fully saturated rings. The lowest BCUT2D eigenvalue weighted by Gasteiger charge is -2.34. The van der Waals surface area contributed by atoms with E-state index in [0.717, 1.165) is 54.4 Å². The number of rotatable bonds is 14. The molecule has 1 atom stereocenters. The molecule has 0 bridgehead atoms. The number of nitrogens with one attached hydrogen (secondary N) is 1. The van der Waals surface area contributed by atoms with Gasteiger partial charge < -0.3 is 19.1 Å². The number of piperidine rings is 1. The summed E-state index contributed by atoms with van der Waals surface area (Å²) < 4.78 is 59.5. The van der Waals surface area contributed by atoms with Gasteiger partial charge >= 0.3 is 6.18 Å². The van der Waals surface area contributed by atoms with Crippen molar-refractivity contribution in [2.45, 2.75) is 44.4 Å². The molecule has 57 heavy (non-hydrogen) atoms. The van der Waals surface area contributed by atoms with Crippen molar-refractivity contribution in [3.8, 4) is 17.7 Å². The quantitative estimate of drug-likeness (QED) is 0.144. The minimum atomic E-state index is -4.79. The standard InChI is InChI=1S/C38H41F3N8O7S/c1-37(2)35(53)47(27-4-3-25(24-42)29(23-27)38(39,40)41)36(57)48(37)26-5-7-28(8-6-26)55-22-21-54-19-17-45-13-15-46(16-14-45)18-20-56-32-11-12-33(51)49(44-32)30-9-10-31(50)43-34(30)52/h3-8,11-12,23,30H,9-10,13-22H2,1-2H3,(H,43,50,52). The molecule has 0 saturated carbocycles. The zero-order chi connectivity index (χ0) is 40.9. The van der Waals surface area contributed by atoms with Gasteiger partial charge in [-0.05, 0) is 75.0 Å². The van der Waals surface area contributed by atoms with Crippen LogP contribution in [0.15, 0.2) is 59.4 Å². The number of halogens is 3. The first-order chi connectivity index (χ1) is 27.2. The lowest BCUT2D eigenvalue weighted by molar-refractivity contribution is -0.138. The van der Waals surface area contributed by atoms with E-state index in [1.165, 1.54) is 18.2 Å². The minimum Gasteiger partial charge on any atom is -0.491 e. The summed E-state index contributed by atoms with van der Waals surface area (Å²) in [6, 6.07) is 13.4. The van der Waals surface area contributed by atoms with Gasteiger partial charge in [-0.2, -0.15) is 18.4 Å². The van der Waals surface area contributed by atoms with Crippen LogP contribution in [0, 0.1) is 11.3 Å². The average Bonchev–Trinajstić information content (AvgIpc) is 3.35. The third-order valence-electron chi connectivity index (χ3n) is 9.93. The number of amides is 3. The molecule has 302 valence electrons. The van der Waals surface area contributed by atoms with Crippen LogP contribution in [-0.2, 0) is 25.3 Å². The SMILES string of the molecule is CC1(C)C(=O)N(c2ccc(C#N)c(C(F)(F)F)c2)C(=S)N1c1ccc(OCCOCCN2CCN(CCOc3ccc(=O)n(C4CCC(=O)NC4=O)n3)CC2)cc1. The van der Waals surface area contributed by atoms with Crippen LogP contribution >= 0.6 is 12.2 Å². The van der Waals surface area contributed by atoms with Crippen molar-refractivity contribution in [2.75, 3.05) is 75.5 Å². The van der Waals surface area contributed by atoms with Crippen LogP contribution in [0.3, 0.4) is 0 Å². The molecule has 6 rings (SSSR count). The maximum Gasteiger partial charge on any atom is 0.417 e. The van der Waals surface area contributed by atoms with E-state index in [1.807, 2.05) is 0 Å². The second-order valence-corrected chi connectivity index (χ2v) is 14.4. The number of imide groups is 1. The Labute approximate surface area is 331 Å². The molecule has 3 aliphatic heterocycles. The number of nitrogens with zero attached hydrogens (tertiary/aromatic N) is 7. The number of alkyl halides is 3. The molecule has 3 aromatic rings. The fraction of sp³-hybridized carbons (Fsp3) is 0.447. The molecule has 15 nitrogen and oxygen atoms in total. The minimum absolute atomic E-state index is 0.00402. The number of carbonyl (C=O) groups is 3. The Morgan fingerprint density at radius 3 is 2.21 bits per heavy atom. The molecule has 0 aliphatic carbocycles. The Hall–Kier alpha value is -5.42. The first kappa shape index (κ1) is 41.2. The van der Waals surface area contributed by atoms with Gasteiger partial charge in [-0.15, -0.1) is 5.10 Å². The molecule has 2 aromatic carbocycles. The molecule has 3 aliphatic rings. The monoisotopic (exact) mass is 810 g/mol. The molecule has 3 amide bonds. The first-order valence-corrected chi connectivity index (χ1v) is 18.7. The molecule has 1 N–H and O–H groups in total. The highest BCUT2D eigenvalue weighted by Gasteiger charge is 2.50. The van der Waals surface area contributed by atoms with Crippen LogP contribution in [0.4, 0.5) is 24.5 Å². The van der Waals surface area contributed by atoms with E-state index in [0.29, 0.717) is 44.4 Å². The molecule has 4 heterocycles. The number of piperazine rings is 1. The predicted octanol–water partition coefficient (Wildman–Crippen LogP) is 3.12. The van der Waals surface area contributed by atoms with Crippen LogP contribution in [0.5, 0.6) is 11.6 Å². The van der Waals surface area contributed by atoms with Crippen molar-refractivity contribution >= 4 is 46.4 Å². The Kier molecular flexibility index (Phi) is 12.6. The fourth-order valence-electron chi connectivity index (χ4n) is 6.80. The molecule has 1 unspecified atom stereocenters. The normalized spacial score (nSPS) is 19.1. The number of nitriles is 1. The van der Waals surface area contributed by atoms with Crippen molar-refractivity contribution in [1.82, 2.24) is 24.9 Å². The Morgan fingerprint density at radius 2 is 1.56 bits per heavy atom. The molecule has 0 spiro atoms. The van der Waals surface area contributed by atoms with Gasteiger partial charge in [-0.25, -0.2) is 4.68 Å². The van der Waals surface area contributed by atoms with Crippen molar-refractivity contribution in [1.29, 1.82) is 5.26 Å². The zero-order valence-corrected chi connectivity index (χ0v) is 32.1. The Bertz CT molecular complexity index is 2100. The highest BCUT2D eigenvalue weighted by atomic mass is 32.1. The fourth-order valence-corrected chi connectivity index (χ4v) is 7.33. The van der Waals surface area contributed by atoms with Gasteiger partial charge in [0.05, 0.1) is 36.1 Å². The average molecular weight is 811 g/mol. The second-order valence-electron chi connectivity index (χ2n) is 14.1. The molecular weight excluding hydrogens is 770 g/mol. The highest BCUT2D eigenvalue weighted by molar-refractivity contribution is 7.81. The van der Waals surface area contributed by atoms with Crippen molar-refractivity contribution < 1.29 is 41.8 Å². The van der Waals surface area contributed by atoms with Crippen LogP contribution in [-0.4, -0.2) is 114 Å². The summed E-state index contributed by atoms with van der Waals surface area (Å²) in [5, 5.41) is 15.6. The first-order valence-electron chi connectivity index (χ1n) is 18.3. The van der Waals surface area contributed by atoms with Crippen LogP contribution in [0.25, 0.3) is 0 Å². The predicted molar refractivity (Wildman–Crippen MR) is 204 cm³/mol. The van der Waals surface area contributed by atoms with E-state index >= 15 is 0 Å². The van der Waals surface area contributed by atoms with Gasteiger partial charge in [-0.1, -0.05) is 0 Å². The van der Waals surface area contributed by atoms with E-state index in [4.69, 9.17) is 31.7 Å². The smallest absolute Gasteiger partial charge is 0.417 e. The van der Waals surface area contributed by atoms with Crippen molar-refractivity contribution in [3.05, 3.63) is 76.1 Å². The van der Waals surface area contributed by atoms with Crippen molar-refractivity contribution in [3.63, 3.8) is 0 Å². The van der Waals surface area contributed by atoms with Crippen molar-refractivity contribution in [2.24, 2.45) is 0 Å². The summed E-state index contributed by atoms with van der Waals surface area (Å²) in [7, 11) is 0. The number of aromatic nitrogens is 2. The van der Waals surface area contributed by atoms with E-state index in [1.54, 1.807) is 49.1 Å². The van der Waals surface area contributed by atoms with Gasteiger partial charge in [0.1, 0.15) is 30.5 Å². The molecule has 0 radical (unpaired) electrons. The summed E-state index contributed by atoms with van der Waals surface area (Å²) in [4.78, 5) is 56.6. The Morgan fingerprint density at radius 1 is 0.895 bits per heavy atom. The maximum absolute atomic E-state index is 13.7.